The molecule has 1 aliphatic rings. The van der Waals surface area contributed by atoms with Crippen molar-refractivity contribution in [2.24, 2.45) is 0 Å². The zero-order valence-electron chi connectivity index (χ0n) is 17.1. The van der Waals surface area contributed by atoms with Crippen molar-refractivity contribution in [3.63, 3.8) is 0 Å². The number of methoxy groups -OCH3 is 1. The Hall–Kier alpha value is -2.80. The highest BCUT2D eigenvalue weighted by atomic mass is 35.5. The molecule has 0 saturated carbocycles. The molecule has 0 amide bonds. The quantitative estimate of drug-likeness (QED) is 0.404. The van der Waals surface area contributed by atoms with E-state index in [2.05, 4.69) is 15.3 Å². The number of thiazole rings is 1. The minimum Gasteiger partial charge on any atom is -0.497 e. The Morgan fingerprint density at radius 2 is 1.81 bits per heavy atom. The number of ether oxygens (including phenoxy) is 1. The zero-order valence-corrected chi connectivity index (χ0v) is 18.7. The van der Waals surface area contributed by atoms with Crippen molar-refractivity contribution < 1.29 is 4.74 Å². The number of hydrogen-bond acceptors (Lipinski definition) is 6. The fourth-order valence-corrected chi connectivity index (χ4v) is 4.69. The lowest BCUT2D eigenvalue weighted by Crippen LogP contribution is -2.30. The molecule has 0 spiro atoms. The van der Waals surface area contributed by atoms with Gasteiger partial charge >= 0.3 is 0 Å². The average molecular weight is 449 g/mol. The molecule has 5 nitrogen and oxygen atoms in total. The van der Waals surface area contributed by atoms with E-state index in [1.165, 1.54) is 5.56 Å². The molecular formula is C24H21ClN4OS. The van der Waals surface area contributed by atoms with E-state index >= 15 is 0 Å². The van der Waals surface area contributed by atoms with Crippen LogP contribution in [0.5, 0.6) is 5.75 Å². The number of benzene rings is 2. The molecule has 0 bridgehead atoms. The lowest BCUT2D eigenvalue weighted by Gasteiger charge is -2.27. The van der Waals surface area contributed by atoms with Crippen LogP contribution in [0.4, 0.5) is 0 Å². The summed E-state index contributed by atoms with van der Waals surface area (Å²) in [7, 11) is 1.68. The van der Waals surface area contributed by atoms with E-state index in [1.54, 1.807) is 18.4 Å². The Balaban J connectivity index is 1.27. The summed E-state index contributed by atoms with van der Waals surface area (Å²) in [6.07, 6.45) is 2.87. The molecule has 4 aromatic rings. The highest BCUT2D eigenvalue weighted by Gasteiger charge is 2.20. The minimum absolute atomic E-state index is 0.717. The van der Waals surface area contributed by atoms with Crippen LogP contribution in [0.25, 0.3) is 22.6 Å². The summed E-state index contributed by atoms with van der Waals surface area (Å²) >= 11 is 7.69. The summed E-state index contributed by atoms with van der Waals surface area (Å²) in [6, 6.07) is 15.7. The molecule has 0 radical (unpaired) electrons. The predicted molar refractivity (Wildman–Crippen MR) is 124 cm³/mol. The molecule has 2 aromatic heterocycles. The summed E-state index contributed by atoms with van der Waals surface area (Å²) in [5, 5.41) is 3.96. The number of rotatable bonds is 5. The van der Waals surface area contributed by atoms with Crippen LogP contribution in [0.15, 0.2) is 60.1 Å². The van der Waals surface area contributed by atoms with E-state index in [4.69, 9.17) is 26.3 Å². The summed E-state index contributed by atoms with van der Waals surface area (Å²) in [6.45, 7) is 2.63. The van der Waals surface area contributed by atoms with Crippen LogP contribution >= 0.6 is 22.9 Å². The number of hydrogen-bond donors (Lipinski definition) is 0. The van der Waals surface area contributed by atoms with Crippen molar-refractivity contribution in [3.8, 4) is 28.4 Å². The van der Waals surface area contributed by atoms with E-state index < -0.39 is 0 Å². The molecule has 5 rings (SSSR count). The number of aromatic nitrogens is 3. The highest BCUT2D eigenvalue weighted by molar-refractivity contribution is 7.09. The van der Waals surface area contributed by atoms with Gasteiger partial charge in [-0.15, -0.1) is 11.3 Å². The van der Waals surface area contributed by atoms with Gasteiger partial charge in [0.2, 0.25) is 0 Å². The van der Waals surface area contributed by atoms with E-state index in [-0.39, 0.29) is 0 Å². The van der Waals surface area contributed by atoms with E-state index in [1.807, 2.05) is 54.7 Å². The molecule has 3 heterocycles. The number of halogens is 1. The van der Waals surface area contributed by atoms with Gasteiger partial charge in [-0.25, -0.2) is 15.0 Å². The Labute approximate surface area is 190 Å². The topological polar surface area (TPSA) is 51.1 Å². The third kappa shape index (κ3) is 4.46. The van der Waals surface area contributed by atoms with Crippen LogP contribution in [0.2, 0.25) is 5.02 Å². The molecular weight excluding hydrogens is 428 g/mol. The molecule has 0 saturated heterocycles. The van der Waals surface area contributed by atoms with Gasteiger partial charge < -0.3 is 4.74 Å². The monoisotopic (exact) mass is 448 g/mol. The normalized spacial score (nSPS) is 13.7. The molecule has 0 atom stereocenters. The first-order valence-corrected chi connectivity index (χ1v) is 11.4. The van der Waals surface area contributed by atoms with Gasteiger partial charge in [0.25, 0.3) is 0 Å². The maximum absolute atomic E-state index is 5.99. The Bertz CT molecular complexity index is 1190. The average Bonchev–Trinajstić information content (AvgIpc) is 3.28. The lowest BCUT2D eigenvalue weighted by molar-refractivity contribution is 0.242. The minimum atomic E-state index is 0.717. The van der Waals surface area contributed by atoms with Gasteiger partial charge in [0.15, 0.2) is 5.82 Å². The second-order valence-electron chi connectivity index (χ2n) is 7.49. The van der Waals surface area contributed by atoms with Gasteiger partial charge in [-0.3, -0.25) is 4.90 Å². The molecule has 0 fully saturated rings. The maximum Gasteiger partial charge on any atom is 0.159 e. The van der Waals surface area contributed by atoms with E-state index in [9.17, 15) is 0 Å². The highest BCUT2D eigenvalue weighted by Crippen LogP contribution is 2.27. The predicted octanol–water partition coefficient (Wildman–Crippen LogP) is 5.49. The van der Waals surface area contributed by atoms with Crippen LogP contribution < -0.4 is 4.74 Å². The first kappa shape index (κ1) is 20.1. The fourth-order valence-electron chi connectivity index (χ4n) is 3.72. The molecule has 0 unspecified atom stereocenters. The number of nitrogens with zero attached hydrogens (tertiary/aromatic N) is 4. The summed E-state index contributed by atoms with van der Waals surface area (Å²) < 4.78 is 5.24. The third-order valence-electron chi connectivity index (χ3n) is 5.41. The molecule has 2 aromatic carbocycles. The first-order valence-electron chi connectivity index (χ1n) is 10.1. The Kier molecular flexibility index (Phi) is 5.68. The summed E-state index contributed by atoms with van der Waals surface area (Å²) in [5.74, 6) is 1.61. The van der Waals surface area contributed by atoms with Crippen LogP contribution in [0, 0.1) is 0 Å². The van der Waals surface area contributed by atoms with E-state index in [0.29, 0.717) is 0 Å². The Morgan fingerprint density at radius 1 is 1.03 bits per heavy atom. The van der Waals surface area contributed by atoms with Crippen molar-refractivity contribution in [1.82, 2.24) is 19.9 Å². The molecule has 0 N–H and O–H groups in total. The van der Waals surface area contributed by atoms with Gasteiger partial charge in [0.05, 0.1) is 25.0 Å². The standard InChI is InChI=1S/C24H21ClN4OS/c1-30-20-8-4-16(5-9-20)22-15-31-23(27-22)14-29-11-10-21-18(13-29)12-26-24(28-21)17-2-6-19(25)7-3-17/h2-9,12,15H,10-11,13-14H2,1H3. The van der Waals surface area contributed by atoms with Crippen LogP contribution in [0.3, 0.4) is 0 Å². The SMILES string of the molecule is COc1ccc(-c2csc(CN3CCc4nc(-c5ccc(Cl)cc5)ncc4C3)n2)cc1. The van der Waals surface area contributed by atoms with Crippen LogP contribution in [-0.2, 0) is 19.5 Å². The first-order chi connectivity index (χ1) is 15.2. The lowest BCUT2D eigenvalue weighted by atomic mass is 10.1. The number of fused-ring (bicyclic) bond motifs is 1. The van der Waals surface area contributed by atoms with Crippen molar-refractivity contribution in [2.75, 3.05) is 13.7 Å². The molecule has 31 heavy (non-hydrogen) atoms. The smallest absolute Gasteiger partial charge is 0.159 e. The van der Waals surface area contributed by atoms with Gasteiger partial charge in [0, 0.05) is 52.8 Å². The largest absolute Gasteiger partial charge is 0.497 e. The molecule has 0 aliphatic carbocycles. The molecule has 156 valence electrons. The summed E-state index contributed by atoms with van der Waals surface area (Å²) in [5.41, 5.74) is 5.43. The van der Waals surface area contributed by atoms with E-state index in [0.717, 1.165) is 70.2 Å². The van der Waals surface area contributed by atoms with Gasteiger partial charge in [-0.2, -0.15) is 0 Å². The van der Waals surface area contributed by atoms with Gasteiger partial charge in [-0.1, -0.05) is 11.6 Å². The Morgan fingerprint density at radius 3 is 2.58 bits per heavy atom. The third-order valence-corrected chi connectivity index (χ3v) is 6.50. The van der Waals surface area contributed by atoms with Gasteiger partial charge in [0.1, 0.15) is 10.8 Å². The van der Waals surface area contributed by atoms with Crippen molar-refractivity contribution >= 4 is 22.9 Å². The molecule has 1 aliphatic heterocycles. The van der Waals surface area contributed by atoms with Gasteiger partial charge in [-0.05, 0) is 48.5 Å². The second-order valence-corrected chi connectivity index (χ2v) is 8.87. The van der Waals surface area contributed by atoms with Crippen LogP contribution in [-0.4, -0.2) is 33.5 Å². The van der Waals surface area contributed by atoms with Crippen LogP contribution in [0.1, 0.15) is 16.3 Å². The molecule has 7 heteroatoms. The van der Waals surface area contributed by atoms with Crippen molar-refractivity contribution in [1.29, 1.82) is 0 Å². The second kappa shape index (κ2) is 8.75. The zero-order chi connectivity index (χ0) is 21.2. The summed E-state index contributed by atoms with van der Waals surface area (Å²) in [4.78, 5) is 16.6. The van der Waals surface area contributed by atoms with Crippen molar-refractivity contribution in [2.45, 2.75) is 19.5 Å². The maximum atomic E-state index is 5.99. The van der Waals surface area contributed by atoms with Crippen molar-refractivity contribution in [3.05, 3.63) is 81.4 Å². The fraction of sp³-hybridized carbons (Fsp3) is 0.208.